The zero-order valence-electron chi connectivity index (χ0n) is 10.6. The van der Waals surface area contributed by atoms with Crippen molar-refractivity contribution in [2.45, 2.75) is 12.8 Å². The molecule has 3 heteroatoms. The highest BCUT2D eigenvalue weighted by atomic mass is 16.2. The molecule has 2 aromatic rings. The van der Waals surface area contributed by atoms with E-state index in [2.05, 4.69) is 10.6 Å². The second kappa shape index (κ2) is 5.14. The zero-order chi connectivity index (χ0) is 13.1. The standard InChI is InChI=1S/C16H16N2O/c19-16(17-11-10-12-8-9-12)18-15-7-3-5-13-4-1-2-6-14(13)15/h1-7,10-12H,8-9H2,(H2,17,18,19)/b11-10+. The van der Waals surface area contributed by atoms with Crippen LogP contribution in [0.5, 0.6) is 0 Å². The van der Waals surface area contributed by atoms with Crippen molar-refractivity contribution in [1.29, 1.82) is 0 Å². The first-order valence-electron chi connectivity index (χ1n) is 6.55. The molecule has 2 aromatic carbocycles. The van der Waals surface area contributed by atoms with E-state index in [4.69, 9.17) is 0 Å². The normalized spacial score (nSPS) is 14.7. The Morgan fingerprint density at radius 2 is 1.89 bits per heavy atom. The van der Waals surface area contributed by atoms with Gasteiger partial charge in [0.15, 0.2) is 0 Å². The van der Waals surface area contributed by atoms with Gasteiger partial charge in [0, 0.05) is 11.6 Å². The van der Waals surface area contributed by atoms with Crippen molar-refractivity contribution in [2.75, 3.05) is 5.32 Å². The molecule has 1 aliphatic carbocycles. The van der Waals surface area contributed by atoms with E-state index in [1.54, 1.807) is 6.20 Å². The van der Waals surface area contributed by atoms with E-state index in [1.807, 2.05) is 48.5 Å². The van der Waals surface area contributed by atoms with Crippen LogP contribution in [0.1, 0.15) is 12.8 Å². The van der Waals surface area contributed by atoms with Gasteiger partial charge in [-0.2, -0.15) is 0 Å². The molecule has 0 saturated heterocycles. The van der Waals surface area contributed by atoms with Gasteiger partial charge in [0.1, 0.15) is 0 Å². The van der Waals surface area contributed by atoms with E-state index >= 15 is 0 Å². The fourth-order valence-electron chi connectivity index (χ4n) is 2.04. The fraction of sp³-hybridized carbons (Fsp3) is 0.188. The van der Waals surface area contributed by atoms with Crippen LogP contribution in [0, 0.1) is 5.92 Å². The summed E-state index contributed by atoms with van der Waals surface area (Å²) in [6.07, 6.45) is 6.26. The molecule has 2 N–H and O–H groups in total. The van der Waals surface area contributed by atoms with E-state index in [0.29, 0.717) is 5.92 Å². The molecule has 3 nitrogen and oxygen atoms in total. The number of nitrogens with one attached hydrogen (secondary N) is 2. The summed E-state index contributed by atoms with van der Waals surface area (Å²) >= 11 is 0. The number of urea groups is 1. The molecule has 0 heterocycles. The van der Waals surface area contributed by atoms with Crippen LogP contribution < -0.4 is 10.6 Å². The Balaban J connectivity index is 1.71. The smallest absolute Gasteiger partial charge is 0.315 e. The fourth-order valence-corrected chi connectivity index (χ4v) is 2.04. The first-order chi connectivity index (χ1) is 9.33. The molecule has 0 aliphatic heterocycles. The first-order valence-corrected chi connectivity index (χ1v) is 6.55. The summed E-state index contributed by atoms with van der Waals surface area (Å²) in [4.78, 5) is 11.8. The number of carbonyl (C=O) groups is 1. The molecule has 0 aromatic heterocycles. The summed E-state index contributed by atoms with van der Waals surface area (Å²) in [7, 11) is 0. The molecule has 0 bridgehead atoms. The Kier molecular flexibility index (Phi) is 3.19. The number of benzene rings is 2. The molecule has 0 atom stereocenters. The largest absolute Gasteiger partial charge is 0.323 e. The summed E-state index contributed by atoms with van der Waals surface area (Å²) in [6, 6.07) is 13.7. The maximum atomic E-state index is 11.8. The van der Waals surface area contributed by atoms with Crippen molar-refractivity contribution in [3.8, 4) is 0 Å². The van der Waals surface area contributed by atoms with Crippen molar-refractivity contribution in [1.82, 2.24) is 5.32 Å². The van der Waals surface area contributed by atoms with Crippen LogP contribution in [0.3, 0.4) is 0 Å². The lowest BCUT2D eigenvalue weighted by Crippen LogP contribution is -2.23. The highest BCUT2D eigenvalue weighted by Crippen LogP contribution is 2.29. The van der Waals surface area contributed by atoms with E-state index < -0.39 is 0 Å². The van der Waals surface area contributed by atoms with Gasteiger partial charge in [0.05, 0.1) is 5.69 Å². The van der Waals surface area contributed by atoms with Gasteiger partial charge in [-0.25, -0.2) is 4.79 Å². The molecular formula is C16H16N2O. The minimum atomic E-state index is -0.201. The van der Waals surface area contributed by atoms with Crippen LogP contribution in [0.2, 0.25) is 0 Å². The van der Waals surface area contributed by atoms with Crippen LogP contribution in [0.15, 0.2) is 54.7 Å². The van der Waals surface area contributed by atoms with Gasteiger partial charge in [-0.1, -0.05) is 42.5 Å². The van der Waals surface area contributed by atoms with Gasteiger partial charge in [0.25, 0.3) is 0 Å². The molecule has 2 amide bonds. The Bertz CT molecular complexity index is 624. The van der Waals surface area contributed by atoms with E-state index in [1.165, 1.54) is 12.8 Å². The van der Waals surface area contributed by atoms with Crippen LogP contribution in [0.25, 0.3) is 10.8 Å². The Labute approximate surface area is 112 Å². The topological polar surface area (TPSA) is 41.1 Å². The summed E-state index contributed by atoms with van der Waals surface area (Å²) in [5, 5.41) is 7.78. The summed E-state index contributed by atoms with van der Waals surface area (Å²) in [6.45, 7) is 0. The molecular weight excluding hydrogens is 236 g/mol. The predicted octanol–water partition coefficient (Wildman–Crippen LogP) is 3.89. The summed E-state index contributed by atoms with van der Waals surface area (Å²) < 4.78 is 0. The van der Waals surface area contributed by atoms with Crippen LogP contribution in [0.4, 0.5) is 10.5 Å². The predicted molar refractivity (Wildman–Crippen MR) is 78.0 cm³/mol. The lowest BCUT2D eigenvalue weighted by Gasteiger charge is -2.08. The van der Waals surface area contributed by atoms with Crippen LogP contribution >= 0.6 is 0 Å². The molecule has 96 valence electrons. The third-order valence-electron chi connectivity index (χ3n) is 3.24. The molecule has 0 radical (unpaired) electrons. The van der Waals surface area contributed by atoms with Gasteiger partial charge in [0.2, 0.25) is 0 Å². The van der Waals surface area contributed by atoms with Gasteiger partial charge < -0.3 is 10.6 Å². The third-order valence-corrected chi connectivity index (χ3v) is 3.24. The lowest BCUT2D eigenvalue weighted by molar-refractivity contribution is 0.255. The quantitative estimate of drug-likeness (QED) is 0.855. The van der Waals surface area contributed by atoms with E-state index in [0.717, 1.165) is 16.5 Å². The summed E-state index contributed by atoms with van der Waals surface area (Å²) in [5.74, 6) is 0.665. The number of carbonyl (C=O) groups excluding carboxylic acids is 1. The zero-order valence-corrected chi connectivity index (χ0v) is 10.6. The van der Waals surface area contributed by atoms with E-state index in [9.17, 15) is 4.79 Å². The Hall–Kier alpha value is -2.29. The van der Waals surface area contributed by atoms with Crippen LogP contribution in [-0.2, 0) is 0 Å². The number of amides is 2. The van der Waals surface area contributed by atoms with Gasteiger partial charge in [-0.15, -0.1) is 0 Å². The number of rotatable bonds is 3. The molecule has 0 spiro atoms. The molecule has 0 unspecified atom stereocenters. The van der Waals surface area contributed by atoms with Crippen molar-refractivity contribution in [2.24, 2.45) is 5.92 Å². The number of fused-ring (bicyclic) bond motifs is 1. The Morgan fingerprint density at radius 1 is 1.11 bits per heavy atom. The van der Waals surface area contributed by atoms with Crippen molar-refractivity contribution >= 4 is 22.5 Å². The third kappa shape index (κ3) is 2.94. The summed E-state index contributed by atoms with van der Waals surface area (Å²) in [5.41, 5.74) is 0.829. The average Bonchev–Trinajstić information content (AvgIpc) is 3.23. The Morgan fingerprint density at radius 3 is 2.74 bits per heavy atom. The van der Waals surface area contributed by atoms with Crippen molar-refractivity contribution in [3.63, 3.8) is 0 Å². The lowest BCUT2D eigenvalue weighted by atomic mass is 10.1. The molecule has 1 aliphatic rings. The van der Waals surface area contributed by atoms with E-state index in [-0.39, 0.29) is 6.03 Å². The second-order valence-corrected chi connectivity index (χ2v) is 4.82. The second-order valence-electron chi connectivity index (χ2n) is 4.82. The van der Waals surface area contributed by atoms with Crippen molar-refractivity contribution < 1.29 is 4.79 Å². The number of hydrogen-bond donors (Lipinski definition) is 2. The SMILES string of the molecule is O=C(N/C=C/C1CC1)Nc1cccc2ccccc12. The van der Waals surface area contributed by atoms with Gasteiger partial charge in [-0.05, 0) is 30.2 Å². The number of hydrogen-bond acceptors (Lipinski definition) is 1. The minimum absolute atomic E-state index is 0.201. The monoisotopic (exact) mass is 252 g/mol. The van der Waals surface area contributed by atoms with Crippen molar-refractivity contribution in [3.05, 3.63) is 54.7 Å². The molecule has 1 saturated carbocycles. The van der Waals surface area contributed by atoms with Gasteiger partial charge in [-0.3, -0.25) is 0 Å². The molecule has 1 fully saturated rings. The molecule has 3 rings (SSSR count). The minimum Gasteiger partial charge on any atom is -0.315 e. The van der Waals surface area contributed by atoms with Crippen LogP contribution in [-0.4, -0.2) is 6.03 Å². The van der Waals surface area contributed by atoms with Gasteiger partial charge >= 0.3 is 6.03 Å². The molecule has 19 heavy (non-hydrogen) atoms. The first kappa shape index (κ1) is 11.8. The average molecular weight is 252 g/mol. The maximum absolute atomic E-state index is 11.8. The highest BCUT2D eigenvalue weighted by molar-refractivity contribution is 6.01. The highest BCUT2D eigenvalue weighted by Gasteiger charge is 2.17. The maximum Gasteiger partial charge on any atom is 0.323 e. The number of anilines is 1. The number of allylic oxidation sites excluding steroid dienone is 1.